The number of rotatable bonds is 3. The zero-order valence-electron chi connectivity index (χ0n) is 18.6. The summed E-state index contributed by atoms with van der Waals surface area (Å²) in [5.41, 5.74) is 8.00. The molecule has 2 atom stereocenters. The number of pyridine rings is 1. The summed E-state index contributed by atoms with van der Waals surface area (Å²) in [4.78, 5) is 20.0. The number of aromatic nitrogens is 2. The van der Waals surface area contributed by atoms with Crippen molar-refractivity contribution in [2.45, 2.75) is 31.6 Å². The van der Waals surface area contributed by atoms with E-state index in [0.717, 1.165) is 23.4 Å². The standard InChI is InChI=1S/C28H25N3O2/c1-18-16-30-24-13-6-5-11-21(24)23-15-25(28(32)33-2)31(17-19-9-7-8-14-29-19)26(27(23)30)22-12-4-3-10-20(18)22/h3-14,25-26H,1,15-17H2,2H3/t25-,26+/m0/s1. The third-order valence-corrected chi connectivity index (χ3v) is 7.04. The number of esters is 1. The van der Waals surface area contributed by atoms with Crippen molar-refractivity contribution in [1.29, 1.82) is 0 Å². The Morgan fingerprint density at radius 2 is 1.88 bits per heavy atom. The Hall–Kier alpha value is -3.70. The third-order valence-electron chi connectivity index (χ3n) is 7.04. The van der Waals surface area contributed by atoms with Crippen molar-refractivity contribution in [2.24, 2.45) is 0 Å². The summed E-state index contributed by atoms with van der Waals surface area (Å²) in [7, 11) is 1.48. The van der Waals surface area contributed by atoms with Crippen LogP contribution in [0.1, 0.15) is 34.1 Å². The van der Waals surface area contributed by atoms with E-state index in [-0.39, 0.29) is 12.0 Å². The smallest absolute Gasteiger partial charge is 0.323 e. The first-order chi connectivity index (χ1) is 16.2. The Balaban J connectivity index is 1.66. The van der Waals surface area contributed by atoms with Crippen molar-refractivity contribution in [1.82, 2.24) is 14.5 Å². The van der Waals surface area contributed by atoms with Gasteiger partial charge in [0.15, 0.2) is 0 Å². The summed E-state index contributed by atoms with van der Waals surface area (Å²) < 4.78 is 7.72. The van der Waals surface area contributed by atoms with E-state index in [1.54, 1.807) is 6.20 Å². The first-order valence-electron chi connectivity index (χ1n) is 11.3. The Morgan fingerprint density at radius 3 is 2.70 bits per heavy atom. The van der Waals surface area contributed by atoms with Crippen molar-refractivity contribution < 1.29 is 9.53 Å². The largest absolute Gasteiger partial charge is 0.468 e. The van der Waals surface area contributed by atoms with Crippen LogP contribution in [0.5, 0.6) is 0 Å². The van der Waals surface area contributed by atoms with Gasteiger partial charge in [0.25, 0.3) is 0 Å². The van der Waals surface area contributed by atoms with E-state index >= 15 is 0 Å². The number of nitrogens with zero attached hydrogens (tertiary/aromatic N) is 3. The molecule has 2 aliphatic heterocycles. The lowest BCUT2D eigenvalue weighted by molar-refractivity contribution is -0.148. The molecule has 5 nitrogen and oxygen atoms in total. The fourth-order valence-corrected chi connectivity index (χ4v) is 5.63. The summed E-state index contributed by atoms with van der Waals surface area (Å²) in [6, 6.07) is 22.4. The van der Waals surface area contributed by atoms with Gasteiger partial charge < -0.3 is 9.30 Å². The molecular formula is C28H25N3O2. The lowest BCUT2D eigenvalue weighted by Crippen LogP contribution is -2.49. The van der Waals surface area contributed by atoms with Crippen molar-refractivity contribution in [3.63, 3.8) is 0 Å². The van der Waals surface area contributed by atoms with Gasteiger partial charge in [-0.1, -0.05) is 55.1 Å². The number of carbonyl (C=O) groups is 1. The molecule has 5 heteroatoms. The second-order valence-electron chi connectivity index (χ2n) is 8.80. The van der Waals surface area contributed by atoms with Crippen LogP contribution in [0.2, 0.25) is 0 Å². The molecule has 4 heterocycles. The Labute approximate surface area is 192 Å². The average Bonchev–Trinajstić information content (AvgIpc) is 3.09. The minimum atomic E-state index is -0.409. The highest BCUT2D eigenvalue weighted by molar-refractivity contribution is 5.89. The molecular weight excluding hydrogens is 410 g/mol. The van der Waals surface area contributed by atoms with Gasteiger partial charge in [0.2, 0.25) is 0 Å². The van der Waals surface area contributed by atoms with Crippen LogP contribution in [0.25, 0.3) is 16.5 Å². The fourth-order valence-electron chi connectivity index (χ4n) is 5.63. The van der Waals surface area contributed by atoms with E-state index in [1.807, 2.05) is 18.2 Å². The van der Waals surface area contributed by atoms with Crippen LogP contribution in [-0.4, -0.2) is 33.6 Å². The molecule has 0 fully saturated rings. The van der Waals surface area contributed by atoms with Gasteiger partial charge in [0, 0.05) is 42.3 Å². The van der Waals surface area contributed by atoms with Crippen LogP contribution in [0, 0.1) is 0 Å². The molecule has 6 rings (SSSR count). The number of benzene rings is 2. The molecule has 0 unspecified atom stereocenters. The minimum Gasteiger partial charge on any atom is -0.468 e. The summed E-state index contributed by atoms with van der Waals surface area (Å²) in [5.74, 6) is -0.214. The number of hydrogen-bond acceptors (Lipinski definition) is 4. The van der Waals surface area contributed by atoms with Crippen LogP contribution in [-0.2, 0) is 29.0 Å². The van der Waals surface area contributed by atoms with Crippen LogP contribution in [0.3, 0.4) is 0 Å². The lowest BCUT2D eigenvalue weighted by atomic mass is 9.85. The van der Waals surface area contributed by atoms with Crippen LogP contribution in [0.15, 0.2) is 79.5 Å². The Bertz CT molecular complexity index is 1390. The predicted molar refractivity (Wildman–Crippen MR) is 129 cm³/mol. The molecule has 0 radical (unpaired) electrons. The van der Waals surface area contributed by atoms with Gasteiger partial charge in [-0.25, -0.2) is 0 Å². The third kappa shape index (κ3) is 3.04. The van der Waals surface area contributed by atoms with Crippen molar-refractivity contribution in [2.75, 3.05) is 7.11 Å². The molecule has 0 N–H and O–H groups in total. The second-order valence-corrected chi connectivity index (χ2v) is 8.80. The fraction of sp³-hybridized carbons (Fsp3) is 0.214. The van der Waals surface area contributed by atoms with E-state index in [4.69, 9.17) is 4.74 Å². The average molecular weight is 436 g/mol. The van der Waals surface area contributed by atoms with E-state index in [0.29, 0.717) is 13.0 Å². The number of ether oxygens (including phenoxy) is 1. The Kier molecular flexibility index (Phi) is 4.66. The number of hydrogen-bond donors (Lipinski definition) is 0. The zero-order chi connectivity index (χ0) is 22.5. The minimum absolute atomic E-state index is 0.109. The van der Waals surface area contributed by atoms with Crippen LogP contribution < -0.4 is 0 Å². The molecule has 2 aliphatic rings. The number of methoxy groups -OCH3 is 1. The van der Waals surface area contributed by atoms with Crippen LogP contribution in [0.4, 0.5) is 0 Å². The first kappa shape index (κ1) is 19.9. The van der Waals surface area contributed by atoms with Crippen molar-refractivity contribution in [3.8, 4) is 0 Å². The highest BCUT2D eigenvalue weighted by Crippen LogP contribution is 2.47. The molecule has 0 saturated heterocycles. The van der Waals surface area contributed by atoms with Crippen LogP contribution >= 0.6 is 0 Å². The maximum atomic E-state index is 13.2. The lowest BCUT2D eigenvalue weighted by Gasteiger charge is -2.41. The molecule has 2 aromatic carbocycles. The molecule has 33 heavy (non-hydrogen) atoms. The number of carbonyl (C=O) groups excluding carboxylic acids is 1. The van der Waals surface area contributed by atoms with Gasteiger partial charge in [0.1, 0.15) is 6.04 Å². The van der Waals surface area contributed by atoms with E-state index in [2.05, 4.69) is 69.6 Å². The van der Waals surface area contributed by atoms with E-state index in [9.17, 15) is 4.79 Å². The van der Waals surface area contributed by atoms with Gasteiger partial charge in [-0.15, -0.1) is 0 Å². The molecule has 0 amide bonds. The molecule has 0 spiro atoms. The molecule has 0 bridgehead atoms. The number of fused-ring (bicyclic) bond motifs is 5. The van der Waals surface area contributed by atoms with E-state index in [1.165, 1.54) is 34.8 Å². The number of allylic oxidation sites excluding steroid dienone is 1. The summed E-state index contributed by atoms with van der Waals surface area (Å²) in [6.07, 6.45) is 2.41. The highest BCUT2D eigenvalue weighted by atomic mass is 16.5. The molecule has 2 aromatic heterocycles. The topological polar surface area (TPSA) is 47.4 Å². The SMILES string of the molecule is C=C1Cn2c3c(c4ccccc42)C[C@@H](C(=O)OC)N(Cc2ccccn2)[C@@H]3c2ccccc21. The van der Waals surface area contributed by atoms with Gasteiger partial charge in [-0.3, -0.25) is 14.7 Å². The molecule has 4 aromatic rings. The van der Waals surface area contributed by atoms with Gasteiger partial charge in [-0.2, -0.15) is 0 Å². The quantitative estimate of drug-likeness (QED) is 0.436. The maximum Gasteiger partial charge on any atom is 0.323 e. The summed E-state index contributed by atoms with van der Waals surface area (Å²) >= 11 is 0. The van der Waals surface area contributed by atoms with Crippen molar-refractivity contribution in [3.05, 3.63) is 108 Å². The summed E-state index contributed by atoms with van der Waals surface area (Å²) in [5, 5.41) is 1.20. The molecule has 164 valence electrons. The van der Waals surface area contributed by atoms with Gasteiger partial charge >= 0.3 is 5.97 Å². The Morgan fingerprint density at radius 1 is 1.09 bits per heavy atom. The maximum absolute atomic E-state index is 13.2. The van der Waals surface area contributed by atoms with Gasteiger partial charge in [-0.05, 0) is 40.5 Å². The van der Waals surface area contributed by atoms with E-state index < -0.39 is 6.04 Å². The predicted octanol–water partition coefficient (Wildman–Crippen LogP) is 4.75. The monoisotopic (exact) mass is 435 g/mol. The zero-order valence-corrected chi connectivity index (χ0v) is 18.6. The van der Waals surface area contributed by atoms with Gasteiger partial charge in [0.05, 0.1) is 18.8 Å². The highest BCUT2D eigenvalue weighted by Gasteiger charge is 2.44. The first-order valence-corrected chi connectivity index (χ1v) is 11.3. The number of para-hydroxylation sites is 1. The molecule has 0 aliphatic carbocycles. The summed E-state index contributed by atoms with van der Waals surface area (Å²) in [6.45, 7) is 5.73. The normalized spacial score (nSPS) is 19.6. The molecule has 0 saturated carbocycles. The second kappa shape index (κ2) is 7.71. The van der Waals surface area contributed by atoms with Crippen molar-refractivity contribution >= 4 is 22.4 Å².